The van der Waals surface area contributed by atoms with Gasteiger partial charge in [-0.25, -0.2) is 9.97 Å². The van der Waals surface area contributed by atoms with E-state index >= 15 is 0 Å². The van der Waals surface area contributed by atoms with Crippen molar-refractivity contribution in [3.63, 3.8) is 0 Å². The minimum absolute atomic E-state index is 0.580. The molecule has 0 unspecified atom stereocenters. The maximum Gasteiger partial charge on any atom is 0.134 e. The van der Waals surface area contributed by atoms with Crippen LogP contribution in [0.5, 0.6) is 0 Å². The largest absolute Gasteiger partial charge is 0.370 e. The van der Waals surface area contributed by atoms with Crippen molar-refractivity contribution in [2.75, 3.05) is 11.9 Å². The van der Waals surface area contributed by atoms with E-state index < -0.39 is 0 Å². The molecule has 1 aliphatic carbocycles. The molecular weight excluding hydrogens is 266 g/mol. The second-order valence-corrected chi connectivity index (χ2v) is 6.45. The van der Waals surface area contributed by atoms with Gasteiger partial charge in [0, 0.05) is 18.0 Å². The van der Waals surface area contributed by atoms with Crippen LogP contribution in [0.15, 0.2) is 11.4 Å². The van der Waals surface area contributed by atoms with E-state index in [1.165, 1.54) is 28.8 Å². The van der Waals surface area contributed by atoms with Crippen molar-refractivity contribution in [2.45, 2.75) is 46.0 Å². The van der Waals surface area contributed by atoms with Gasteiger partial charge in [-0.3, -0.25) is 0 Å². The number of nitrogens with one attached hydrogen (secondary N) is 1. The molecule has 0 radical (unpaired) electrons. The summed E-state index contributed by atoms with van der Waals surface area (Å²) in [5, 5.41) is 5.60. The molecule has 2 heterocycles. The smallest absolute Gasteiger partial charge is 0.134 e. The Morgan fingerprint density at radius 2 is 2.10 bits per heavy atom. The van der Waals surface area contributed by atoms with Crippen LogP contribution in [0.1, 0.15) is 49.1 Å². The first-order valence-corrected chi connectivity index (χ1v) is 8.25. The quantitative estimate of drug-likeness (QED) is 0.878. The Morgan fingerprint density at radius 3 is 2.70 bits per heavy atom. The highest BCUT2D eigenvalue weighted by Crippen LogP contribution is 2.41. The first-order valence-electron chi connectivity index (χ1n) is 7.37. The molecule has 3 nitrogen and oxygen atoms in total. The van der Waals surface area contributed by atoms with Crippen molar-refractivity contribution in [1.29, 1.82) is 0 Å². The summed E-state index contributed by atoms with van der Waals surface area (Å²) in [6, 6.07) is 2.16. The number of nitrogens with zero attached hydrogens (tertiary/aromatic N) is 2. The molecule has 2 aromatic rings. The third-order valence-corrected chi connectivity index (χ3v) is 4.75. The summed E-state index contributed by atoms with van der Waals surface area (Å²) < 4.78 is 0. The van der Waals surface area contributed by atoms with Crippen molar-refractivity contribution >= 4 is 17.2 Å². The number of aryl methyl sites for hydroxylation is 1. The van der Waals surface area contributed by atoms with Crippen molar-refractivity contribution in [1.82, 2.24) is 9.97 Å². The summed E-state index contributed by atoms with van der Waals surface area (Å²) in [4.78, 5) is 10.9. The second-order valence-electron chi connectivity index (χ2n) is 5.54. The van der Waals surface area contributed by atoms with Gasteiger partial charge in [0.05, 0.1) is 10.6 Å². The maximum atomic E-state index is 4.87. The van der Waals surface area contributed by atoms with Gasteiger partial charge in [0.1, 0.15) is 11.6 Å². The van der Waals surface area contributed by atoms with Gasteiger partial charge in [-0.15, -0.1) is 11.3 Å². The number of thiophene rings is 1. The van der Waals surface area contributed by atoms with Crippen molar-refractivity contribution in [2.24, 2.45) is 0 Å². The first kappa shape index (κ1) is 13.6. The van der Waals surface area contributed by atoms with Crippen LogP contribution >= 0.6 is 11.3 Å². The summed E-state index contributed by atoms with van der Waals surface area (Å²) >= 11 is 1.77. The second kappa shape index (κ2) is 5.52. The zero-order valence-electron chi connectivity index (χ0n) is 12.4. The third kappa shape index (κ3) is 2.57. The Labute approximate surface area is 124 Å². The van der Waals surface area contributed by atoms with Crippen LogP contribution in [0.3, 0.4) is 0 Å². The highest BCUT2D eigenvalue weighted by molar-refractivity contribution is 7.13. The lowest BCUT2D eigenvalue weighted by molar-refractivity contribution is 0.903. The van der Waals surface area contributed by atoms with Gasteiger partial charge in [0.2, 0.25) is 0 Å². The van der Waals surface area contributed by atoms with E-state index in [1.54, 1.807) is 11.3 Å². The Balaban J connectivity index is 2.07. The number of rotatable bonds is 5. The highest BCUT2D eigenvalue weighted by Gasteiger charge is 2.28. The Kier molecular flexibility index (Phi) is 3.74. The van der Waals surface area contributed by atoms with E-state index in [9.17, 15) is 0 Å². The molecule has 0 bridgehead atoms. The van der Waals surface area contributed by atoms with Crippen LogP contribution < -0.4 is 5.32 Å². The molecule has 0 atom stereocenters. The molecule has 0 aliphatic heterocycles. The minimum Gasteiger partial charge on any atom is -0.370 e. The summed E-state index contributed by atoms with van der Waals surface area (Å²) in [6.07, 6.45) is 3.58. The van der Waals surface area contributed by atoms with Crippen LogP contribution in [0.25, 0.3) is 10.6 Å². The predicted octanol–water partition coefficient (Wildman–Crippen LogP) is 4.52. The number of hydrogen-bond acceptors (Lipinski definition) is 4. The topological polar surface area (TPSA) is 37.8 Å². The summed E-state index contributed by atoms with van der Waals surface area (Å²) in [7, 11) is 0. The SMILES string of the molecule is CCCNc1nc(C2CC2)nc(-c2sccc2C)c1C. The maximum absolute atomic E-state index is 4.87. The Hall–Kier alpha value is -1.42. The number of hydrogen-bond donors (Lipinski definition) is 1. The zero-order valence-corrected chi connectivity index (χ0v) is 13.2. The molecule has 3 rings (SSSR count). The predicted molar refractivity (Wildman–Crippen MR) is 85.6 cm³/mol. The standard InChI is InChI=1S/C16H21N3S/c1-4-8-17-15-11(3)13(14-10(2)7-9-20-14)18-16(19-15)12-5-6-12/h7,9,12H,4-6,8H2,1-3H3,(H,17,18,19). The molecule has 0 amide bonds. The molecule has 1 fully saturated rings. The van der Waals surface area contributed by atoms with Gasteiger partial charge in [-0.05, 0) is 50.1 Å². The van der Waals surface area contributed by atoms with Crippen LogP contribution in [0.2, 0.25) is 0 Å². The Bertz CT molecular complexity index is 614. The zero-order chi connectivity index (χ0) is 14.1. The van der Waals surface area contributed by atoms with Crippen LogP contribution in [-0.2, 0) is 0 Å². The minimum atomic E-state index is 0.580. The number of anilines is 1. The Morgan fingerprint density at radius 1 is 1.30 bits per heavy atom. The fraction of sp³-hybridized carbons (Fsp3) is 0.500. The fourth-order valence-corrected chi connectivity index (χ4v) is 3.28. The summed E-state index contributed by atoms with van der Waals surface area (Å²) in [6.45, 7) is 7.42. The van der Waals surface area contributed by atoms with E-state index in [-0.39, 0.29) is 0 Å². The summed E-state index contributed by atoms with van der Waals surface area (Å²) in [5.74, 6) is 2.63. The molecule has 2 aromatic heterocycles. The molecule has 4 heteroatoms. The van der Waals surface area contributed by atoms with Gasteiger partial charge in [-0.2, -0.15) is 0 Å². The van der Waals surface area contributed by atoms with Gasteiger partial charge in [0.25, 0.3) is 0 Å². The molecule has 0 saturated heterocycles. The average molecular weight is 287 g/mol. The molecule has 0 spiro atoms. The van der Waals surface area contributed by atoms with Gasteiger partial charge in [0.15, 0.2) is 0 Å². The van der Waals surface area contributed by atoms with Crippen LogP contribution in [0, 0.1) is 13.8 Å². The normalized spacial score (nSPS) is 14.6. The molecular formula is C16H21N3S. The van der Waals surface area contributed by atoms with Crippen molar-refractivity contribution in [3.05, 3.63) is 28.4 Å². The van der Waals surface area contributed by atoms with Gasteiger partial charge >= 0.3 is 0 Å². The first-order chi connectivity index (χ1) is 9.70. The molecule has 20 heavy (non-hydrogen) atoms. The average Bonchev–Trinajstić information content (AvgIpc) is 3.20. The molecule has 106 valence electrons. The third-order valence-electron chi connectivity index (χ3n) is 3.73. The van der Waals surface area contributed by atoms with Gasteiger partial charge in [-0.1, -0.05) is 6.92 Å². The van der Waals surface area contributed by atoms with Crippen LogP contribution in [0.4, 0.5) is 5.82 Å². The van der Waals surface area contributed by atoms with Crippen molar-refractivity contribution in [3.8, 4) is 10.6 Å². The van der Waals surface area contributed by atoms with E-state index in [0.29, 0.717) is 5.92 Å². The van der Waals surface area contributed by atoms with E-state index in [0.717, 1.165) is 30.3 Å². The van der Waals surface area contributed by atoms with E-state index in [2.05, 4.69) is 37.5 Å². The van der Waals surface area contributed by atoms with Crippen molar-refractivity contribution < 1.29 is 0 Å². The monoisotopic (exact) mass is 287 g/mol. The lowest BCUT2D eigenvalue weighted by Crippen LogP contribution is -2.08. The lowest BCUT2D eigenvalue weighted by Gasteiger charge is -2.13. The summed E-state index contributed by atoms with van der Waals surface area (Å²) in [5.41, 5.74) is 3.60. The highest BCUT2D eigenvalue weighted by atomic mass is 32.1. The molecule has 1 aliphatic rings. The van der Waals surface area contributed by atoms with E-state index in [1.807, 2.05) is 0 Å². The fourth-order valence-electron chi connectivity index (χ4n) is 2.31. The molecule has 1 saturated carbocycles. The van der Waals surface area contributed by atoms with Gasteiger partial charge < -0.3 is 5.32 Å². The van der Waals surface area contributed by atoms with E-state index in [4.69, 9.17) is 9.97 Å². The number of aromatic nitrogens is 2. The van der Waals surface area contributed by atoms with Crippen LogP contribution in [-0.4, -0.2) is 16.5 Å². The molecule has 0 aromatic carbocycles. The lowest BCUT2D eigenvalue weighted by atomic mass is 10.1. The molecule has 1 N–H and O–H groups in total.